The highest BCUT2D eigenvalue weighted by atomic mass is 35.5. The fourth-order valence-corrected chi connectivity index (χ4v) is 3.20. The van der Waals surface area contributed by atoms with Crippen LogP contribution in [0.3, 0.4) is 0 Å². The summed E-state index contributed by atoms with van der Waals surface area (Å²) in [5, 5.41) is 9.38. The molecule has 0 saturated heterocycles. The van der Waals surface area contributed by atoms with Crippen LogP contribution in [0.1, 0.15) is 31.0 Å². The first-order chi connectivity index (χ1) is 15.4. The molecule has 0 aliphatic carbocycles. The number of aryl methyl sites for hydroxylation is 2. The van der Waals surface area contributed by atoms with E-state index in [1.807, 2.05) is 50.2 Å². The molecule has 0 amide bonds. The van der Waals surface area contributed by atoms with Crippen molar-refractivity contribution < 1.29 is 24.1 Å². The molecule has 0 fully saturated rings. The molecule has 0 saturated carbocycles. The van der Waals surface area contributed by atoms with Crippen LogP contribution in [0.15, 0.2) is 60.8 Å². The van der Waals surface area contributed by atoms with Crippen molar-refractivity contribution in [2.24, 2.45) is 0 Å². The average molecular weight is 456 g/mol. The van der Waals surface area contributed by atoms with Gasteiger partial charge < -0.3 is 19.3 Å². The Morgan fingerprint density at radius 2 is 1.88 bits per heavy atom. The van der Waals surface area contributed by atoms with Gasteiger partial charge in [0.1, 0.15) is 11.5 Å². The third-order valence-corrected chi connectivity index (χ3v) is 4.97. The SMILES string of the molecule is Cc1cc(OCC[C@H](C)Oc2ccc(Cl)cc2Oc2ccccc2)cnc1CCC(=O)O. The Morgan fingerprint density at radius 3 is 2.59 bits per heavy atom. The quantitative estimate of drug-likeness (QED) is 0.377. The molecule has 0 spiro atoms. The number of carbonyl (C=O) groups is 1. The van der Waals surface area contributed by atoms with Crippen LogP contribution in [-0.2, 0) is 11.2 Å². The van der Waals surface area contributed by atoms with Gasteiger partial charge in [0.25, 0.3) is 0 Å². The van der Waals surface area contributed by atoms with Crippen LogP contribution >= 0.6 is 11.6 Å². The zero-order valence-electron chi connectivity index (χ0n) is 18.1. The van der Waals surface area contributed by atoms with Gasteiger partial charge in [-0.15, -0.1) is 0 Å². The van der Waals surface area contributed by atoms with Crippen molar-refractivity contribution in [3.05, 3.63) is 77.1 Å². The molecular weight excluding hydrogens is 430 g/mol. The molecule has 1 atom stereocenters. The number of para-hydroxylation sites is 1. The molecule has 1 heterocycles. The summed E-state index contributed by atoms with van der Waals surface area (Å²) in [6, 6.07) is 16.6. The molecule has 0 radical (unpaired) electrons. The number of aromatic nitrogens is 1. The zero-order valence-corrected chi connectivity index (χ0v) is 18.8. The van der Waals surface area contributed by atoms with Crippen LogP contribution < -0.4 is 14.2 Å². The Kier molecular flexibility index (Phi) is 8.34. The van der Waals surface area contributed by atoms with Crippen LogP contribution in [0.4, 0.5) is 0 Å². The highest BCUT2D eigenvalue weighted by Gasteiger charge is 2.12. The maximum absolute atomic E-state index is 10.7. The summed E-state index contributed by atoms with van der Waals surface area (Å²) in [6.07, 6.45) is 2.61. The van der Waals surface area contributed by atoms with Gasteiger partial charge >= 0.3 is 5.97 Å². The Hall–Kier alpha value is -3.25. The first-order valence-electron chi connectivity index (χ1n) is 10.4. The van der Waals surface area contributed by atoms with Gasteiger partial charge in [-0.1, -0.05) is 29.8 Å². The topological polar surface area (TPSA) is 77.9 Å². The maximum atomic E-state index is 10.7. The van der Waals surface area contributed by atoms with Crippen molar-refractivity contribution in [2.45, 2.75) is 39.2 Å². The molecule has 0 aliphatic heterocycles. The summed E-state index contributed by atoms with van der Waals surface area (Å²) >= 11 is 6.14. The van der Waals surface area contributed by atoms with Crippen LogP contribution in [0.25, 0.3) is 0 Å². The summed E-state index contributed by atoms with van der Waals surface area (Å²) in [4.78, 5) is 15.1. The highest BCUT2D eigenvalue weighted by Crippen LogP contribution is 2.35. The number of aliphatic carboxylic acids is 1. The Labute approximate surface area is 192 Å². The van der Waals surface area contributed by atoms with E-state index < -0.39 is 5.97 Å². The minimum absolute atomic E-state index is 0.0591. The summed E-state index contributed by atoms with van der Waals surface area (Å²) in [6.45, 7) is 4.31. The number of hydrogen-bond acceptors (Lipinski definition) is 5. The smallest absolute Gasteiger partial charge is 0.303 e. The summed E-state index contributed by atoms with van der Waals surface area (Å²) in [5.74, 6) is 1.66. The fraction of sp³-hybridized carbons (Fsp3) is 0.280. The number of halogens is 1. The van der Waals surface area contributed by atoms with E-state index in [2.05, 4.69) is 4.98 Å². The molecule has 6 nitrogen and oxygen atoms in total. The number of hydrogen-bond donors (Lipinski definition) is 1. The Morgan fingerprint density at radius 1 is 1.09 bits per heavy atom. The van der Waals surface area contributed by atoms with E-state index in [0.29, 0.717) is 47.5 Å². The van der Waals surface area contributed by atoms with Crippen molar-refractivity contribution in [3.63, 3.8) is 0 Å². The van der Waals surface area contributed by atoms with Gasteiger partial charge in [-0.25, -0.2) is 0 Å². The van der Waals surface area contributed by atoms with E-state index in [4.69, 9.17) is 30.9 Å². The average Bonchev–Trinajstić information content (AvgIpc) is 2.76. The number of benzene rings is 2. The van der Waals surface area contributed by atoms with Gasteiger partial charge in [0.05, 0.1) is 25.3 Å². The van der Waals surface area contributed by atoms with Crippen LogP contribution in [0, 0.1) is 6.92 Å². The Bertz CT molecular complexity index is 1040. The second kappa shape index (κ2) is 11.4. The second-order valence-corrected chi connectivity index (χ2v) is 7.84. The van der Waals surface area contributed by atoms with Gasteiger partial charge in [0.15, 0.2) is 11.5 Å². The van der Waals surface area contributed by atoms with Crippen molar-refractivity contribution in [1.29, 1.82) is 0 Å². The largest absolute Gasteiger partial charge is 0.492 e. The van der Waals surface area contributed by atoms with E-state index >= 15 is 0 Å². The maximum Gasteiger partial charge on any atom is 0.303 e. The lowest BCUT2D eigenvalue weighted by Gasteiger charge is -2.18. The van der Waals surface area contributed by atoms with Crippen molar-refractivity contribution in [2.75, 3.05) is 6.61 Å². The van der Waals surface area contributed by atoms with Crippen molar-refractivity contribution in [3.8, 4) is 23.0 Å². The van der Waals surface area contributed by atoms with Gasteiger partial charge in [-0.05, 0) is 49.7 Å². The molecule has 168 valence electrons. The van der Waals surface area contributed by atoms with E-state index in [1.165, 1.54) is 0 Å². The molecule has 1 N–H and O–H groups in total. The predicted octanol–water partition coefficient (Wildman–Crippen LogP) is 6.09. The number of rotatable bonds is 11. The van der Waals surface area contributed by atoms with E-state index in [0.717, 1.165) is 11.3 Å². The van der Waals surface area contributed by atoms with Gasteiger partial charge in [0.2, 0.25) is 0 Å². The van der Waals surface area contributed by atoms with Gasteiger partial charge in [-0.2, -0.15) is 0 Å². The van der Waals surface area contributed by atoms with Gasteiger partial charge in [-0.3, -0.25) is 9.78 Å². The number of pyridine rings is 1. The molecule has 2 aromatic carbocycles. The summed E-state index contributed by atoms with van der Waals surface area (Å²) in [7, 11) is 0. The normalized spacial score (nSPS) is 11.6. The molecule has 32 heavy (non-hydrogen) atoms. The number of carboxylic acid groups (broad SMARTS) is 1. The standard InChI is InChI=1S/C25H26ClNO5/c1-17-14-21(16-27-22(17)9-11-25(28)29)30-13-12-18(2)31-23-10-8-19(26)15-24(23)32-20-6-4-3-5-7-20/h3-8,10,14-16,18H,9,11-13H2,1-2H3,(H,28,29)/t18-/m0/s1. The number of ether oxygens (including phenoxy) is 3. The van der Waals surface area contributed by atoms with E-state index in [9.17, 15) is 4.79 Å². The third kappa shape index (κ3) is 7.17. The lowest BCUT2D eigenvalue weighted by atomic mass is 10.1. The van der Waals surface area contributed by atoms with Gasteiger partial charge in [0, 0.05) is 29.6 Å². The predicted molar refractivity (Wildman–Crippen MR) is 123 cm³/mol. The molecule has 0 bridgehead atoms. The molecular formula is C25H26ClNO5. The Balaban J connectivity index is 1.53. The van der Waals surface area contributed by atoms with E-state index in [-0.39, 0.29) is 12.5 Å². The molecule has 3 rings (SSSR count). The lowest BCUT2D eigenvalue weighted by molar-refractivity contribution is -0.136. The minimum atomic E-state index is -0.835. The number of nitrogens with zero attached hydrogens (tertiary/aromatic N) is 1. The highest BCUT2D eigenvalue weighted by molar-refractivity contribution is 6.30. The third-order valence-electron chi connectivity index (χ3n) is 4.74. The molecule has 7 heteroatoms. The molecule has 0 unspecified atom stereocenters. The minimum Gasteiger partial charge on any atom is -0.492 e. The lowest BCUT2D eigenvalue weighted by Crippen LogP contribution is -2.16. The molecule has 0 aliphatic rings. The summed E-state index contributed by atoms with van der Waals surface area (Å²) < 4.78 is 17.8. The molecule has 1 aromatic heterocycles. The van der Waals surface area contributed by atoms with Crippen LogP contribution in [-0.4, -0.2) is 28.8 Å². The first-order valence-corrected chi connectivity index (χ1v) is 10.8. The first kappa shape index (κ1) is 23.4. The second-order valence-electron chi connectivity index (χ2n) is 7.40. The van der Waals surface area contributed by atoms with E-state index in [1.54, 1.807) is 24.4 Å². The van der Waals surface area contributed by atoms with Crippen molar-refractivity contribution in [1.82, 2.24) is 4.98 Å². The molecule has 3 aromatic rings. The van der Waals surface area contributed by atoms with Crippen molar-refractivity contribution >= 4 is 17.6 Å². The van der Waals surface area contributed by atoms with Crippen LogP contribution in [0.5, 0.6) is 23.0 Å². The number of carboxylic acids is 1. The fourth-order valence-electron chi connectivity index (χ4n) is 3.04. The zero-order chi connectivity index (χ0) is 22.9. The summed E-state index contributed by atoms with van der Waals surface area (Å²) in [5.41, 5.74) is 1.68. The van der Waals surface area contributed by atoms with Crippen LogP contribution in [0.2, 0.25) is 5.02 Å². The monoisotopic (exact) mass is 455 g/mol.